The van der Waals surface area contributed by atoms with Crippen LogP contribution >= 0.6 is 0 Å². The van der Waals surface area contributed by atoms with Crippen molar-refractivity contribution < 1.29 is 23.8 Å². The number of benzene rings is 1. The van der Waals surface area contributed by atoms with E-state index in [0.717, 1.165) is 18.5 Å². The maximum atomic E-state index is 12.4. The van der Waals surface area contributed by atoms with E-state index in [2.05, 4.69) is 21.5 Å². The average molecular weight is 504 g/mol. The highest BCUT2D eigenvalue weighted by atomic mass is 16.6. The van der Waals surface area contributed by atoms with Crippen LogP contribution in [0.5, 0.6) is 11.6 Å². The molecule has 1 aliphatic carbocycles. The van der Waals surface area contributed by atoms with Gasteiger partial charge >= 0.3 is 12.1 Å². The fourth-order valence-electron chi connectivity index (χ4n) is 3.70. The molecule has 0 aliphatic heterocycles. The summed E-state index contributed by atoms with van der Waals surface area (Å²) in [5.74, 6) is 0.813. The zero-order valence-electron chi connectivity index (χ0n) is 21.4. The first kappa shape index (κ1) is 25.7. The minimum absolute atomic E-state index is 0.415. The summed E-state index contributed by atoms with van der Waals surface area (Å²) in [5.41, 5.74) is 2.31. The molecule has 1 atom stereocenters. The number of aryl methyl sites for hydroxylation is 1. The fraction of sp³-hybridized carbons (Fsp3) is 0.370. The van der Waals surface area contributed by atoms with Crippen LogP contribution in [0, 0.1) is 11.3 Å². The zero-order chi connectivity index (χ0) is 26.7. The lowest BCUT2D eigenvalue weighted by Crippen LogP contribution is -2.38. The van der Waals surface area contributed by atoms with Gasteiger partial charge in [0.05, 0.1) is 30.1 Å². The van der Waals surface area contributed by atoms with Crippen LogP contribution in [0.15, 0.2) is 42.6 Å². The van der Waals surface area contributed by atoms with Crippen LogP contribution in [-0.2, 0) is 21.3 Å². The largest absolute Gasteiger partial charge is 0.467 e. The lowest BCUT2D eigenvalue weighted by Gasteiger charge is -2.22. The molecule has 0 bridgehead atoms. The molecule has 1 fully saturated rings. The number of alkyl carbamates (subject to hydrolysis) is 1. The van der Waals surface area contributed by atoms with Crippen LogP contribution in [0.4, 0.5) is 4.79 Å². The van der Waals surface area contributed by atoms with Crippen molar-refractivity contribution in [3.63, 3.8) is 0 Å². The molecule has 4 rings (SSSR count). The number of ether oxygens (including phenoxy) is 3. The van der Waals surface area contributed by atoms with E-state index in [4.69, 9.17) is 14.2 Å². The number of hydrogen-bond donors (Lipinski definition) is 1. The summed E-state index contributed by atoms with van der Waals surface area (Å²) in [7, 11) is 3.05. The van der Waals surface area contributed by atoms with Gasteiger partial charge in [-0.3, -0.25) is 4.98 Å². The minimum atomic E-state index is -1.10. The minimum Gasteiger partial charge on any atom is -0.467 e. The molecule has 1 saturated carbocycles. The quantitative estimate of drug-likeness (QED) is 0.457. The van der Waals surface area contributed by atoms with Gasteiger partial charge in [0, 0.05) is 36.4 Å². The second-order valence-corrected chi connectivity index (χ2v) is 9.81. The molecule has 2 aromatic heterocycles. The van der Waals surface area contributed by atoms with Crippen LogP contribution in [-0.4, -0.2) is 39.5 Å². The number of hydrogen-bond acceptors (Lipinski definition) is 8. The predicted octanol–water partition coefficient (Wildman–Crippen LogP) is 4.76. The molecule has 3 aromatic rings. The number of aromatic nitrogens is 3. The van der Waals surface area contributed by atoms with Crippen LogP contribution in [0.1, 0.15) is 62.4 Å². The first-order chi connectivity index (χ1) is 17.6. The van der Waals surface area contributed by atoms with Gasteiger partial charge in [-0.2, -0.15) is 10.4 Å². The molecule has 1 amide bonds. The van der Waals surface area contributed by atoms with Crippen LogP contribution in [0.25, 0.3) is 11.3 Å². The Labute approximate surface area is 215 Å². The second-order valence-electron chi connectivity index (χ2n) is 9.81. The smallest absolute Gasteiger partial charge is 0.408 e. The molecule has 1 aliphatic rings. The monoisotopic (exact) mass is 503 g/mol. The van der Waals surface area contributed by atoms with E-state index in [-0.39, 0.29) is 0 Å². The number of carbonyl (C=O) groups is 2. The zero-order valence-corrected chi connectivity index (χ0v) is 21.4. The highest BCUT2D eigenvalue weighted by Gasteiger charge is 2.28. The molecular formula is C27H29N5O5. The van der Waals surface area contributed by atoms with Crippen molar-refractivity contribution >= 4 is 12.1 Å². The van der Waals surface area contributed by atoms with Gasteiger partial charge in [-0.25, -0.2) is 14.3 Å². The van der Waals surface area contributed by atoms with Crippen molar-refractivity contribution in [2.75, 3.05) is 7.11 Å². The Hall–Kier alpha value is -4.39. The topological polar surface area (TPSA) is 128 Å². The Bertz CT molecular complexity index is 1350. The normalized spacial score (nSPS) is 13.8. The number of pyridine rings is 1. The van der Waals surface area contributed by atoms with Gasteiger partial charge in [-0.15, -0.1) is 0 Å². The lowest BCUT2D eigenvalue weighted by atomic mass is 10.0. The Morgan fingerprint density at radius 1 is 1.19 bits per heavy atom. The maximum absolute atomic E-state index is 12.4. The first-order valence-corrected chi connectivity index (χ1v) is 11.9. The molecule has 1 N–H and O–H groups in total. The highest BCUT2D eigenvalue weighted by Crippen LogP contribution is 2.41. The van der Waals surface area contributed by atoms with E-state index in [1.54, 1.807) is 55.8 Å². The van der Waals surface area contributed by atoms with Gasteiger partial charge in [0.1, 0.15) is 11.4 Å². The molecule has 0 spiro atoms. The number of esters is 1. The van der Waals surface area contributed by atoms with E-state index < -0.39 is 23.7 Å². The standard InChI is InChI=1S/C27H29N5O5/c1-27(2,3)37-26(34)30-24(25(33)35-5)18-9-11-20(29-15-18)19-10-6-16(14-28)12-22(19)36-23-13-21(17-7-8-17)31-32(23)4/h6,9-13,15,17,24H,7-8H2,1-5H3,(H,30,34). The first-order valence-electron chi connectivity index (χ1n) is 11.9. The van der Waals surface area contributed by atoms with Crippen LogP contribution < -0.4 is 10.1 Å². The Morgan fingerprint density at radius 2 is 1.95 bits per heavy atom. The molecule has 1 aromatic carbocycles. The Balaban J connectivity index is 1.62. The third-order valence-corrected chi connectivity index (χ3v) is 5.67. The molecule has 192 valence electrons. The maximum Gasteiger partial charge on any atom is 0.408 e. The Morgan fingerprint density at radius 3 is 2.54 bits per heavy atom. The van der Waals surface area contributed by atoms with Crippen molar-refractivity contribution in [3.8, 4) is 29.0 Å². The van der Waals surface area contributed by atoms with Gasteiger partial charge in [0.2, 0.25) is 5.88 Å². The average Bonchev–Trinajstić information content (AvgIpc) is 3.64. The summed E-state index contributed by atoms with van der Waals surface area (Å²) in [6, 6.07) is 11.4. The summed E-state index contributed by atoms with van der Waals surface area (Å²) in [5, 5.41) is 16.5. The number of rotatable bonds is 7. The summed E-state index contributed by atoms with van der Waals surface area (Å²) >= 11 is 0. The second kappa shape index (κ2) is 10.3. The third-order valence-electron chi connectivity index (χ3n) is 5.67. The van der Waals surface area contributed by atoms with E-state index in [0.29, 0.717) is 39.9 Å². The number of carbonyl (C=O) groups excluding carboxylic acids is 2. The van der Waals surface area contributed by atoms with Gasteiger partial charge in [0.15, 0.2) is 6.04 Å². The number of methoxy groups -OCH3 is 1. The van der Waals surface area contributed by atoms with Crippen molar-refractivity contribution in [1.82, 2.24) is 20.1 Å². The van der Waals surface area contributed by atoms with E-state index in [9.17, 15) is 14.9 Å². The molecular weight excluding hydrogens is 474 g/mol. The van der Waals surface area contributed by atoms with Crippen molar-refractivity contribution in [2.24, 2.45) is 7.05 Å². The van der Waals surface area contributed by atoms with E-state index in [1.807, 2.05) is 13.1 Å². The third kappa shape index (κ3) is 6.25. The molecule has 10 heteroatoms. The fourth-order valence-corrected chi connectivity index (χ4v) is 3.70. The molecule has 0 radical (unpaired) electrons. The SMILES string of the molecule is COC(=O)C(NC(=O)OC(C)(C)C)c1ccc(-c2ccc(C#N)cc2Oc2cc(C3CC3)nn2C)nc1. The van der Waals surface area contributed by atoms with Crippen molar-refractivity contribution in [3.05, 3.63) is 59.4 Å². The molecule has 2 heterocycles. The molecule has 10 nitrogen and oxygen atoms in total. The summed E-state index contributed by atoms with van der Waals surface area (Å²) in [6.07, 6.45) is 2.97. The van der Waals surface area contributed by atoms with Crippen LogP contribution in [0.2, 0.25) is 0 Å². The Kier molecular flexibility index (Phi) is 7.16. The summed E-state index contributed by atoms with van der Waals surface area (Å²) < 4.78 is 18.0. The van der Waals surface area contributed by atoms with E-state index >= 15 is 0 Å². The number of amides is 1. The molecule has 0 saturated heterocycles. The van der Waals surface area contributed by atoms with Gasteiger partial charge in [-0.05, 0) is 57.9 Å². The number of nitrogens with one attached hydrogen (secondary N) is 1. The summed E-state index contributed by atoms with van der Waals surface area (Å²) in [4.78, 5) is 29.2. The number of nitrogens with zero attached hydrogens (tertiary/aromatic N) is 4. The highest BCUT2D eigenvalue weighted by molar-refractivity contribution is 5.83. The van der Waals surface area contributed by atoms with Gasteiger partial charge in [-0.1, -0.05) is 6.07 Å². The predicted molar refractivity (Wildman–Crippen MR) is 134 cm³/mol. The van der Waals surface area contributed by atoms with Gasteiger partial charge < -0.3 is 19.5 Å². The molecule has 1 unspecified atom stereocenters. The van der Waals surface area contributed by atoms with E-state index in [1.165, 1.54) is 13.3 Å². The van der Waals surface area contributed by atoms with Crippen LogP contribution in [0.3, 0.4) is 0 Å². The number of nitriles is 1. The van der Waals surface area contributed by atoms with Gasteiger partial charge in [0.25, 0.3) is 0 Å². The molecule has 37 heavy (non-hydrogen) atoms. The van der Waals surface area contributed by atoms with Crippen molar-refractivity contribution in [1.29, 1.82) is 5.26 Å². The van der Waals surface area contributed by atoms with Crippen molar-refractivity contribution in [2.45, 2.75) is 51.2 Å². The lowest BCUT2D eigenvalue weighted by molar-refractivity contribution is -0.143. The summed E-state index contributed by atoms with van der Waals surface area (Å²) in [6.45, 7) is 5.18.